The van der Waals surface area contributed by atoms with Crippen LogP contribution in [0.2, 0.25) is 0 Å². The van der Waals surface area contributed by atoms with Crippen LogP contribution < -0.4 is 16.0 Å². The molecule has 1 aliphatic rings. The maximum absolute atomic E-state index is 13.7. The Labute approximate surface area is 251 Å². The van der Waals surface area contributed by atoms with E-state index in [4.69, 9.17) is 18.9 Å². The van der Waals surface area contributed by atoms with Gasteiger partial charge in [-0.1, -0.05) is 54.6 Å². The van der Waals surface area contributed by atoms with Crippen LogP contribution in [0.1, 0.15) is 32.5 Å². The van der Waals surface area contributed by atoms with Crippen LogP contribution in [0.15, 0.2) is 107 Å². The third-order valence-electron chi connectivity index (χ3n) is 6.76. The molecule has 1 saturated heterocycles. The van der Waals surface area contributed by atoms with Crippen molar-refractivity contribution in [1.82, 2.24) is 9.55 Å². The first-order valence-electron chi connectivity index (χ1n) is 13.4. The van der Waals surface area contributed by atoms with E-state index in [0.29, 0.717) is 4.57 Å². The molecule has 0 unspecified atom stereocenters. The lowest BCUT2D eigenvalue weighted by molar-refractivity contribution is -0.145. The summed E-state index contributed by atoms with van der Waals surface area (Å²) in [5.74, 6) is -4.69. The van der Waals surface area contributed by atoms with Crippen LogP contribution in [0, 0.1) is 5.92 Å². The lowest BCUT2D eigenvalue weighted by Gasteiger charge is -2.23. The van der Waals surface area contributed by atoms with E-state index in [2.05, 4.69) is 0 Å². The van der Waals surface area contributed by atoms with Crippen molar-refractivity contribution < 1.29 is 46.5 Å². The summed E-state index contributed by atoms with van der Waals surface area (Å²) in [4.78, 5) is 66.0. The number of H-pyrrole nitrogens is 1. The number of aromatic amines is 1. The maximum Gasteiger partial charge on any atom is 0.423 e. The number of ether oxygens (including phenoxy) is 4. The number of benzene rings is 3. The molecule has 2 heterocycles. The second-order valence-corrected chi connectivity index (χ2v) is 9.73. The van der Waals surface area contributed by atoms with Gasteiger partial charge < -0.3 is 18.9 Å². The quantitative estimate of drug-likeness (QED) is 0.229. The summed E-state index contributed by atoms with van der Waals surface area (Å²) in [6, 6.07) is 22.9. The molecule has 5 rings (SSSR count). The van der Waals surface area contributed by atoms with Crippen LogP contribution in [0.25, 0.3) is 0 Å². The molecule has 4 aromatic rings. The number of hydrogen-bond donors (Lipinski definition) is 1. The van der Waals surface area contributed by atoms with Gasteiger partial charge in [-0.2, -0.15) is 13.2 Å². The highest BCUT2D eigenvalue weighted by Gasteiger charge is 2.54. The van der Waals surface area contributed by atoms with Crippen molar-refractivity contribution in [2.75, 3.05) is 6.61 Å². The Morgan fingerprint density at radius 3 is 1.96 bits per heavy atom. The van der Waals surface area contributed by atoms with Gasteiger partial charge in [0.2, 0.25) is 0 Å². The number of carbonyl (C=O) groups excluding carboxylic acids is 3. The Kier molecular flexibility index (Phi) is 8.95. The van der Waals surface area contributed by atoms with Crippen molar-refractivity contribution in [3.63, 3.8) is 0 Å². The van der Waals surface area contributed by atoms with Crippen molar-refractivity contribution in [3.8, 4) is 5.75 Å². The lowest BCUT2D eigenvalue weighted by atomic mass is 9.99. The van der Waals surface area contributed by atoms with E-state index in [9.17, 15) is 37.1 Å². The molecule has 11 nitrogen and oxygen atoms in total. The first kappa shape index (κ1) is 30.9. The molecule has 0 saturated carbocycles. The molecule has 14 heteroatoms. The van der Waals surface area contributed by atoms with Gasteiger partial charge in [0.1, 0.15) is 36.0 Å². The lowest BCUT2D eigenvalue weighted by Crippen LogP contribution is -2.43. The number of carbonyl (C=O) groups is 3. The third-order valence-corrected chi connectivity index (χ3v) is 6.76. The molecule has 0 bridgehead atoms. The summed E-state index contributed by atoms with van der Waals surface area (Å²) in [6.07, 6.45) is -10.1. The monoisotopic (exact) mass is 624 g/mol. The predicted molar refractivity (Wildman–Crippen MR) is 148 cm³/mol. The molecule has 4 atom stereocenters. The second kappa shape index (κ2) is 13.0. The highest BCUT2D eigenvalue weighted by atomic mass is 19.4. The summed E-state index contributed by atoms with van der Waals surface area (Å²) in [6.45, 7) is -0.656. The van der Waals surface area contributed by atoms with Gasteiger partial charge in [-0.3, -0.25) is 19.1 Å². The summed E-state index contributed by atoms with van der Waals surface area (Å²) in [5, 5.41) is 0. The van der Waals surface area contributed by atoms with Crippen molar-refractivity contribution in [1.29, 1.82) is 0 Å². The zero-order valence-electron chi connectivity index (χ0n) is 23.0. The number of esters is 3. The van der Waals surface area contributed by atoms with Gasteiger partial charge in [0.15, 0.2) is 6.23 Å². The Hall–Kier alpha value is -5.50. The largest absolute Gasteiger partial charge is 0.459 e. The van der Waals surface area contributed by atoms with Gasteiger partial charge in [-0.15, -0.1) is 0 Å². The van der Waals surface area contributed by atoms with Crippen LogP contribution in [0.4, 0.5) is 13.2 Å². The molecule has 1 aliphatic heterocycles. The smallest absolute Gasteiger partial charge is 0.423 e. The Balaban J connectivity index is 1.57. The van der Waals surface area contributed by atoms with Gasteiger partial charge >= 0.3 is 29.8 Å². The number of nitrogens with one attached hydrogen (secondary N) is 1. The number of halogens is 3. The van der Waals surface area contributed by atoms with Crippen molar-refractivity contribution >= 4 is 17.9 Å². The Bertz CT molecular complexity index is 1790. The molecule has 45 heavy (non-hydrogen) atoms. The Morgan fingerprint density at radius 1 is 0.822 bits per heavy atom. The fourth-order valence-corrected chi connectivity index (χ4v) is 4.64. The zero-order chi connectivity index (χ0) is 32.1. The minimum Gasteiger partial charge on any atom is -0.459 e. The molecule has 1 aromatic heterocycles. The average molecular weight is 625 g/mol. The summed E-state index contributed by atoms with van der Waals surface area (Å²) >= 11 is 0. The topological polar surface area (TPSA) is 143 Å². The van der Waals surface area contributed by atoms with Crippen LogP contribution in [-0.4, -0.2) is 46.3 Å². The number of rotatable bonds is 8. The van der Waals surface area contributed by atoms with Crippen molar-refractivity contribution in [2.45, 2.75) is 24.6 Å². The minimum atomic E-state index is -5.19. The number of aromatic nitrogens is 2. The van der Waals surface area contributed by atoms with E-state index in [1.165, 1.54) is 36.4 Å². The van der Waals surface area contributed by atoms with Crippen molar-refractivity contribution in [3.05, 3.63) is 135 Å². The van der Waals surface area contributed by atoms with Crippen LogP contribution in [0.5, 0.6) is 5.75 Å². The molecule has 1 N–H and O–H groups in total. The predicted octanol–water partition coefficient (Wildman–Crippen LogP) is 3.76. The molecule has 232 valence electrons. The van der Waals surface area contributed by atoms with Gasteiger partial charge in [-0.25, -0.2) is 14.4 Å². The molecule has 0 spiro atoms. The first-order valence-corrected chi connectivity index (χ1v) is 13.4. The van der Waals surface area contributed by atoms with E-state index in [1.807, 2.05) is 0 Å². The number of hydrogen-bond acceptors (Lipinski definition) is 9. The first-order chi connectivity index (χ1) is 21.5. The standard InChI is InChI=1S/C31H23F3N2O9/c32-31(33,34)21-16-36(30(41)35-25(21)37)26-23(29(40)43-20-14-8-3-9-15-20)24(45-28(39)19-12-6-2-7-13-19)22(44-26)17-42-27(38)18-10-4-1-5-11-18/h1-16,22-24,26H,17H2,(H,35,37,41)/t22-,23-,24-,26-/m1/s1. The number of para-hydroxylation sites is 1. The molecule has 3 aromatic carbocycles. The van der Waals surface area contributed by atoms with Crippen LogP contribution in [-0.2, 0) is 25.2 Å². The summed E-state index contributed by atoms with van der Waals surface area (Å²) in [7, 11) is 0. The molecule has 0 amide bonds. The van der Waals surface area contributed by atoms with Crippen LogP contribution in [0.3, 0.4) is 0 Å². The van der Waals surface area contributed by atoms with Gasteiger partial charge in [0.25, 0.3) is 5.56 Å². The van der Waals surface area contributed by atoms with Crippen molar-refractivity contribution in [2.24, 2.45) is 5.92 Å². The fraction of sp³-hybridized carbons (Fsp3) is 0.194. The summed E-state index contributed by atoms with van der Waals surface area (Å²) < 4.78 is 63.7. The van der Waals surface area contributed by atoms with E-state index in [1.54, 1.807) is 59.6 Å². The average Bonchev–Trinajstić information content (AvgIpc) is 3.38. The van der Waals surface area contributed by atoms with Gasteiger partial charge in [0.05, 0.1) is 11.1 Å². The molecular weight excluding hydrogens is 601 g/mol. The third kappa shape index (κ3) is 7.02. The van der Waals surface area contributed by atoms with Gasteiger partial charge in [0, 0.05) is 6.20 Å². The van der Waals surface area contributed by atoms with E-state index in [0.717, 1.165) is 0 Å². The SMILES string of the molecule is O=C(OC[C@H]1O[C@@H](n2cc(C(F)(F)F)c(=O)[nH]c2=O)[C@H](C(=O)Oc2ccccc2)[C@@H]1OC(=O)c1ccccc1)c1ccccc1. The molecule has 0 radical (unpaired) electrons. The van der Waals surface area contributed by atoms with E-state index < -0.39 is 71.9 Å². The minimum absolute atomic E-state index is 0.0261. The van der Waals surface area contributed by atoms with Gasteiger partial charge in [-0.05, 0) is 36.4 Å². The fourth-order valence-electron chi connectivity index (χ4n) is 4.64. The molecule has 1 fully saturated rings. The van der Waals surface area contributed by atoms with E-state index in [-0.39, 0.29) is 23.1 Å². The zero-order valence-corrected chi connectivity index (χ0v) is 23.0. The maximum atomic E-state index is 13.7. The number of nitrogens with zero attached hydrogens (tertiary/aromatic N) is 1. The molecule has 0 aliphatic carbocycles. The Morgan fingerprint density at radius 2 is 1.38 bits per heavy atom. The highest BCUT2D eigenvalue weighted by Crippen LogP contribution is 2.39. The normalized spacial score (nSPS) is 19.4. The molecular formula is C31H23F3N2O9. The van der Waals surface area contributed by atoms with Crippen LogP contribution >= 0.6 is 0 Å². The summed E-state index contributed by atoms with van der Waals surface area (Å²) in [5.41, 5.74) is -4.62. The highest BCUT2D eigenvalue weighted by molar-refractivity contribution is 5.90. The second-order valence-electron chi connectivity index (χ2n) is 9.73. The number of alkyl halides is 3. The van der Waals surface area contributed by atoms with E-state index >= 15 is 0 Å².